The number of para-hydroxylation sites is 1. The Morgan fingerprint density at radius 1 is 1.40 bits per heavy atom. The van der Waals surface area contributed by atoms with Gasteiger partial charge in [-0.1, -0.05) is 18.2 Å². The quantitative estimate of drug-likeness (QED) is 0.498. The molecule has 0 N–H and O–H groups in total. The molecule has 0 amide bonds. The zero-order valence-electron chi connectivity index (χ0n) is 5.47. The van der Waals surface area contributed by atoms with Gasteiger partial charge in [0.1, 0.15) is 5.75 Å². The topological polar surface area (TPSA) is 9.23 Å². The maximum absolute atomic E-state index is 4.86. The summed E-state index contributed by atoms with van der Waals surface area (Å²) < 4.78 is 4.86. The molecule has 1 aromatic rings. The summed E-state index contributed by atoms with van der Waals surface area (Å²) in [7, 11) is 1.63. The van der Waals surface area contributed by atoms with Gasteiger partial charge in [-0.3, -0.25) is 0 Å². The third-order valence-electron chi connectivity index (χ3n) is 0.900. The van der Waals surface area contributed by atoms with Gasteiger partial charge in [-0.15, -0.1) is 0 Å². The first-order valence-corrected chi connectivity index (χ1v) is 2.44. The van der Waals surface area contributed by atoms with E-state index < -0.39 is 0 Å². The maximum Gasteiger partial charge on any atom is 0.126 e. The number of hydrogen-bond acceptors (Lipinski definition) is 1. The van der Waals surface area contributed by atoms with E-state index in [0.29, 0.717) is 0 Å². The van der Waals surface area contributed by atoms with Crippen LogP contribution in [0.3, 0.4) is 0 Å². The summed E-state index contributed by atoms with van der Waals surface area (Å²) >= 11 is 0. The van der Waals surface area contributed by atoms with Crippen LogP contribution in [0.25, 0.3) is 0 Å². The number of rotatable bonds is 1. The molecule has 0 spiro atoms. The van der Waals surface area contributed by atoms with Gasteiger partial charge >= 0.3 is 0 Å². The van der Waals surface area contributed by atoms with Crippen molar-refractivity contribution in [3.8, 4) is 5.75 Å². The first-order valence-electron chi connectivity index (χ1n) is 2.44. The van der Waals surface area contributed by atoms with Crippen molar-refractivity contribution < 1.29 is 34.2 Å². The minimum Gasteiger partial charge on any atom is -1.00 e. The Hall–Kier alpha value is -0.171. The first kappa shape index (κ1) is 12.5. The van der Waals surface area contributed by atoms with Crippen LogP contribution in [0, 0.1) is 6.07 Å². The van der Waals surface area contributed by atoms with Crippen LogP contribution >= 0.6 is 0 Å². The summed E-state index contributed by atoms with van der Waals surface area (Å²) in [6, 6.07) is 10.4. The Balaban J connectivity index is 0. The van der Waals surface area contributed by atoms with Crippen LogP contribution in [0.4, 0.5) is 0 Å². The van der Waals surface area contributed by atoms with Crippen molar-refractivity contribution in [3.05, 3.63) is 30.3 Å². The SMILES string of the molecule is COc1[c]cccc1.[Cl-].[Mn]. The molecule has 1 rings (SSSR count). The maximum atomic E-state index is 4.86. The predicted molar refractivity (Wildman–Crippen MR) is 31.8 cm³/mol. The van der Waals surface area contributed by atoms with Gasteiger partial charge < -0.3 is 17.1 Å². The molecule has 2 radical (unpaired) electrons. The number of halogens is 1. The minimum atomic E-state index is 0. The molecule has 10 heavy (non-hydrogen) atoms. The van der Waals surface area contributed by atoms with Gasteiger partial charge in [-0.2, -0.15) is 0 Å². The van der Waals surface area contributed by atoms with Gasteiger partial charge in [0.25, 0.3) is 0 Å². The Bertz CT molecular complexity index is 155. The average Bonchev–Trinajstić information content (AvgIpc) is 1.90. The van der Waals surface area contributed by atoms with Crippen LogP contribution in [0.5, 0.6) is 5.75 Å². The molecule has 0 bridgehead atoms. The number of benzene rings is 1. The zero-order chi connectivity index (χ0) is 5.82. The Morgan fingerprint density at radius 2 is 2.10 bits per heavy atom. The fourth-order valence-corrected chi connectivity index (χ4v) is 0.504. The van der Waals surface area contributed by atoms with E-state index in [-0.39, 0.29) is 29.5 Å². The van der Waals surface area contributed by atoms with Crippen molar-refractivity contribution in [3.63, 3.8) is 0 Å². The zero-order valence-corrected chi connectivity index (χ0v) is 7.41. The number of hydrogen-bond donors (Lipinski definition) is 0. The van der Waals surface area contributed by atoms with Crippen LogP contribution in [-0.4, -0.2) is 7.11 Å². The second kappa shape index (κ2) is 6.94. The van der Waals surface area contributed by atoms with E-state index in [1.165, 1.54) is 0 Å². The second-order valence-electron chi connectivity index (χ2n) is 1.43. The van der Waals surface area contributed by atoms with Crippen molar-refractivity contribution in [2.45, 2.75) is 0 Å². The van der Waals surface area contributed by atoms with Gasteiger partial charge in [0.15, 0.2) is 0 Å². The van der Waals surface area contributed by atoms with E-state index in [9.17, 15) is 0 Å². The minimum absolute atomic E-state index is 0. The van der Waals surface area contributed by atoms with E-state index in [0.717, 1.165) is 5.75 Å². The van der Waals surface area contributed by atoms with E-state index >= 15 is 0 Å². The van der Waals surface area contributed by atoms with E-state index in [2.05, 4.69) is 6.07 Å². The van der Waals surface area contributed by atoms with Crippen molar-refractivity contribution in [1.29, 1.82) is 0 Å². The molecule has 1 nitrogen and oxygen atoms in total. The van der Waals surface area contributed by atoms with Crippen LogP contribution in [0.2, 0.25) is 0 Å². The van der Waals surface area contributed by atoms with Crippen molar-refractivity contribution in [1.82, 2.24) is 0 Å². The number of ether oxygens (including phenoxy) is 1. The summed E-state index contributed by atoms with van der Waals surface area (Å²) in [4.78, 5) is 0. The molecule has 0 aromatic heterocycles. The number of methoxy groups -OCH3 is 1. The second-order valence-corrected chi connectivity index (χ2v) is 1.43. The van der Waals surface area contributed by atoms with Crippen LogP contribution in [0.1, 0.15) is 0 Å². The third-order valence-corrected chi connectivity index (χ3v) is 0.900. The molecule has 0 saturated carbocycles. The molecule has 3 heteroatoms. The summed E-state index contributed by atoms with van der Waals surface area (Å²) in [5.41, 5.74) is 0. The third kappa shape index (κ3) is 3.78. The molecule has 0 heterocycles. The Kier molecular flexibility index (Phi) is 8.68. The van der Waals surface area contributed by atoms with Crippen LogP contribution in [0.15, 0.2) is 24.3 Å². The van der Waals surface area contributed by atoms with E-state index in [1.54, 1.807) is 7.11 Å². The van der Waals surface area contributed by atoms with Gasteiger partial charge in [-0.05, 0) is 6.07 Å². The molecule has 0 aliphatic carbocycles. The molecule has 0 saturated heterocycles. The molecule has 56 valence electrons. The molecular formula is C7H7ClMnO-. The van der Waals surface area contributed by atoms with Gasteiger partial charge in [0.2, 0.25) is 0 Å². The Morgan fingerprint density at radius 3 is 2.40 bits per heavy atom. The van der Waals surface area contributed by atoms with Crippen molar-refractivity contribution in [2.75, 3.05) is 7.11 Å². The normalized spacial score (nSPS) is 6.90. The predicted octanol–water partition coefficient (Wildman–Crippen LogP) is -1.50. The molecule has 0 aliphatic heterocycles. The Labute approximate surface area is 77.7 Å². The smallest absolute Gasteiger partial charge is 0.126 e. The first-order chi connectivity index (χ1) is 3.93. The largest absolute Gasteiger partial charge is 1.00 e. The van der Waals surface area contributed by atoms with Gasteiger partial charge in [0.05, 0.1) is 7.11 Å². The van der Waals surface area contributed by atoms with Crippen molar-refractivity contribution in [2.24, 2.45) is 0 Å². The molecular weight excluding hydrogens is 190 g/mol. The van der Waals surface area contributed by atoms with Gasteiger partial charge in [-0.25, -0.2) is 0 Å². The molecule has 0 unspecified atom stereocenters. The summed E-state index contributed by atoms with van der Waals surface area (Å²) in [6.45, 7) is 0. The van der Waals surface area contributed by atoms with E-state index in [1.807, 2.05) is 24.3 Å². The van der Waals surface area contributed by atoms with Crippen LogP contribution in [-0.2, 0) is 17.1 Å². The summed E-state index contributed by atoms with van der Waals surface area (Å²) in [5, 5.41) is 0. The molecule has 0 atom stereocenters. The molecule has 0 fully saturated rings. The fourth-order valence-electron chi connectivity index (χ4n) is 0.504. The fraction of sp³-hybridized carbons (Fsp3) is 0.143. The van der Waals surface area contributed by atoms with Crippen LogP contribution < -0.4 is 17.1 Å². The molecule has 1 aromatic carbocycles. The van der Waals surface area contributed by atoms with Gasteiger partial charge in [0, 0.05) is 23.1 Å². The summed E-state index contributed by atoms with van der Waals surface area (Å²) in [6.07, 6.45) is 0. The monoisotopic (exact) mass is 197 g/mol. The summed E-state index contributed by atoms with van der Waals surface area (Å²) in [5.74, 6) is 0.785. The average molecular weight is 198 g/mol. The molecule has 0 aliphatic rings. The van der Waals surface area contributed by atoms with Crippen molar-refractivity contribution >= 4 is 0 Å². The van der Waals surface area contributed by atoms with E-state index in [4.69, 9.17) is 4.74 Å². The standard InChI is InChI=1S/C7H7O.ClH.Mn/c1-8-7-5-3-2-4-6-7;;/h2-5H,1H3;1H;/p-1.